The van der Waals surface area contributed by atoms with E-state index in [1.54, 1.807) is 5.56 Å². The smallest absolute Gasteiger partial charge is 0.0689 e. The molecule has 0 N–H and O–H groups in total. The van der Waals surface area contributed by atoms with E-state index >= 15 is 0 Å². The van der Waals surface area contributed by atoms with Gasteiger partial charge in [0.15, 0.2) is 0 Å². The minimum absolute atomic E-state index is 0.0258. The Hall–Kier alpha value is -1.29. The topological polar surface area (TPSA) is 23.8 Å². The van der Waals surface area contributed by atoms with E-state index in [0.717, 1.165) is 31.1 Å². The van der Waals surface area contributed by atoms with Gasteiger partial charge in [-0.2, -0.15) is 5.26 Å². The van der Waals surface area contributed by atoms with E-state index in [-0.39, 0.29) is 5.41 Å². The summed E-state index contributed by atoms with van der Waals surface area (Å²) in [6.45, 7) is 4.56. The van der Waals surface area contributed by atoms with Crippen LogP contribution in [-0.4, -0.2) is 0 Å². The molecule has 2 aliphatic rings. The molecule has 2 fully saturated rings. The molecule has 0 bridgehead atoms. The molecule has 1 heteroatoms. The van der Waals surface area contributed by atoms with Crippen molar-refractivity contribution in [3.05, 3.63) is 35.4 Å². The molecule has 2 saturated carbocycles. The lowest BCUT2D eigenvalue weighted by Crippen LogP contribution is -2.25. The highest BCUT2D eigenvalue weighted by Crippen LogP contribution is 2.46. The molecular weight excluding hydrogens is 350 g/mol. The van der Waals surface area contributed by atoms with Gasteiger partial charge in [-0.1, -0.05) is 76.6 Å². The minimum atomic E-state index is -0.0258. The Balaban J connectivity index is 1.49. The fraction of sp³-hybridized carbons (Fsp3) is 0.750. The normalized spacial score (nSPS) is 30.0. The Morgan fingerprint density at radius 2 is 1.34 bits per heavy atom. The molecule has 0 aliphatic heterocycles. The number of unbranched alkanes of at least 4 members (excludes halogenated alkanes) is 3. The summed E-state index contributed by atoms with van der Waals surface area (Å²) < 4.78 is 0. The van der Waals surface area contributed by atoms with Crippen LogP contribution in [0.5, 0.6) is 0 Å². The van der Waals surface area contributed by atoms with Crippen molar-refractivity contribution in [3.8, 4) is 6.07 Å². The van der Waals surface area contributed by atoms with Gasteiger partial charge in [0.1, 0.15) is 0 Å². The molecule has 3 rings (SSSR count). The van der Waals surface area contributed by atoms with Crippen LogP contribution < -0.4 is 0 Å². The van der Waals surface area contributed by atoms with Crippen LogP contribution in [0.4, 0.5) is 0 Å². The summed E-state index contributed by atoms with van der Waals surface area (Å²) in [4.78, 5) is 0. The van der Waals surface area contributed by atoms with Crippen LogP contribution in [0.2, 0.25) is 0 Å². The zero-order valence-electron chi connectivity index (χ0n) is 19.1. The van der Waals surface area contributed by atoms with Crippen LogP contribution >= 0.6 is 0 Å². The molecule has 0 unspecified atom stereocenters. The average molecular weight is 394 g/mol. The molecule has 0 atom stereocenters. The zero-order valence-corrected chi connectivity index (χ0v) is 19.1. The summed E-state index contributed by atoms with van der Waals surface area (Å²) in [6.07, 6.45) is 19.3. The summed E-state index contributed by atoms with van der Waals surface area (Å²) in [7, 11) is 0. The molecule has 1 aromatic rings. The number of benzene rings is 1. The molecule has 1 nitrogen and oxygen atoms in total. The Kier molecular flexibility index (Phi) is 8.65. The van der Waals surface area contributed by atoms with E-state index in [9.17, 15) is 5.26 Å². The van der Waals surface area contributed by atoms with Crippen LogP contribution in [-0.2, 0) is 0 Å². The highest BCUT2D eigenvalue weighted by atomic mass is 14.4. The standard InChI is InChI=1S/C28H43N/c1-3-5-7-19-28(22-29)20-17-27(18-21-28)26-15-13-25(14-16-26)24-11-9-23(10-12-24)8-6-4-2/h13-16,23-24,27H,3-12,17-21H2,1-2H3. The third kappa shape index (κ3) is 6.10. The van der Waals surface area contributed by atoms with Crippen LogP contribution in [0, 0.1) is 22.7 Å². The molecule has 0 saturated heterocycles. The van der Waals surface area contributed by atoms with Gasteiger partial charge in [-0.15, -0.1) is 0 Å². The summed E-state index contributed by atoms with van der Waals surface area (Å²) in [5.74, 6) is 2.45. The summed E-state index contributed by atoms with van der Waals surface area (Å²) >= 11 is 0. The van der Waals surface area contributed by atoms with E-state index in [2.05, 4.69) is 44.2 Å². The molecule has 0 spiro atoms. The average Bonchev–Trinajstić information content (AvgIpc) is 2.79. The Morgan fingerprint density at radius 3 is 1.86 bits per heavy atom. The maximum Gasteiger partial charge on any atom is 0.0689 e. The fourth-order valence-corrected chi connectivity index (χ4v) is 5.95. The lowest BCUT2D eigenvalue weighted by molar-refractivity contribution is 0.223. The molecule has 0 radical (unpaired) electrons. The Bertz CT molecular complexity index is 621. The van der Waals surface area contributed by atoms with Gasteiger partial charge in [-0.25, -0.2) is 0 Å². The molecule has 0 aromatic heterocycles. The monoisotopic (exact) mass is 393 g/mol. The van der Waals surface area contributed by atoms with E-state index in [1.165, 1.54) is 82.6 Å². The molecule has 0 amide bonds. The first-order valence-corrected chi connectivity index (χ1v) is 12.7. The first kappa shape index (κ1) is 22.4. The summed E-state index contributed by atoms with van der Waals surface area (Å²) in [5, 5.41) is 9.79. The lowest BCUT2D eigenvalue weighted by Gasteiger charge is -2.35. The van der Waals surface area contributed by atoms with E-state index in [4.69, 9.17) is 0 Å². The van der Waals surface area contributed by atoms with E-state index in [0.29, 0.717) is 5.92 Å². The number of nitriles is 1. The van der Waals surface area contributed by atoms with Crippen molar-refractivity contribution in [2.75, 3.05) is 0 Å². The third-order valence-electron chi connectivity index (χ3n) is 8.13. The van der Waals surface area contributed by atoms with Crippen LogP contribution in [0.25, 0.3) is 0 Å². The summed E-state index contributed by atoms with van der Waals surface area (Å²) in [5.41, 5.74) is 3.07. The van der Waals surface area contributed by atoms with Crippen molar-refractivity contribution in [1.29, 1.82) is 5.26 Å². The Labute approximate surface area is 180 Å². The van der Waals surface area contributed by atoms with Crippen LogP contribution in [0.15, 0.2) is 24.3 Å². The second kappa shape index (κ2) is 11.2. The molecule has 2 aliphatic carbocycles. The second-order valence-corrected chi connectivity index (χ2v) is 10.2. The van der Waals surface area contributed by atoms with Gasteiger partial charge in [0.2, 0.25) is 0 Å². The third-order valence-corrected chi connectivity index (χ3v) is 8.13. The second-order valence-electron chi connectivity index (χ2n) is 10.2. The Morgan fingerprint density at radius 1 is 0.793 bits per heavy atom. The predicted molar refractivity (Wildman–Crippen MR) is 124 cm³/mol. The molecule has 0 heterocycles. The number of nitrogens with zero attached hydrogens (tertiary/aromatic N) is 1. The van der Waals surface area contributed by atoms with Gasteiger partial charge < -0.3 is 0 Å². The van der Waals surface area contributed by atoms with E-state index in [1.807, 2.05) is 0 Å². The first-order valence-electron chi connectivity index (χ1n) is 12.7. The molecule has 1 aromatic carbocycles. The predicted octanol–water partition coefficient (Wildman–Crippen LogP) is 8.90. The van der Waals surface area contributed by atoms with Gasteiger partial charge in [0, 0.05) is 0 Å². The van der Waals surface area contributed by atoms with Crippen molar-refractivity contribution < 1.29 is 0 Å². The molecule has 160 valence electrons. The van der Waals surface area contributed by atoms with E-state index < -0.39 is 0 Å². The molecular formula is C28H43N. The van der Waals surface area contributed by atoms with Crippen molar-refractivity contribution in [3.63, 3.8) is 0 Å². The highest BCUT2D eigenvalue weighted by molar-refractivity contribution is 5.29. The van der Waals surface area contributed by atoms with Gasteiger partial charge in [0.25, 0.3) is 0 Å². The number of rotatable bonds is 9. The van der Waals surface area contributed by atoms with Crippen molar-refractivity contribution in [2.45, 2.75) is 122 Å². The van der Waals surface area contributed by atoms with Gasteiger partial charge in [-0.3, -0.25) is 0 Å². The van der Waals surface area contributed by atoms with Gasteiger partial charge in [-0.05, 0) is 86.7 Å². The van der Waals surface area contributed by atoms with Crippen molar-refractivity contribution in [2.24, 2.45) is 11.3 Å². The zero-order chi connectivity index (χ0) is 20.5. The van der Waals surface area contributed by atoms with Crippen molar-refractivity contribution >= 4 is 0 Å². The summed E-state index contributed by atoms with van der Waals surface area (Å²) in [6, 6.07) is 12.4. The minimum Gasteiger partial charge on any atom is -0.198 e. The number of hydrogen-bond acceptors (Lipinski definition) is 1. The lowest BCUT2D eigenvalue weighted by atomic mass is 9.67. The number of hydrogen-bond donors (Lipinski definition) is 0. The maximum absolute atomic E-state index is 9.79. The van der Waals surface area contributed by atoms with Crippen LogP contribution in [0.1, 0.15) is 133 Å². The first-order chi connectivity index (χ1) is 14.2. The van der Waals surface area contributed by atoms with Gasteiger partial charge >= 0.3 is 0 Å². The highest BCUT2D eigenvalue weighted by Gasteiger charge is 2.35. The van der Waals surface area contributed by atoms with Crippen molar-refractivity contribution in [1.82, 2.24) is 0 Å². The largest absolute Gasteiger partial charge is 0.198 e. The quantitative estimate of drug-likeness (QED) is 0.384. The molecule has 29 heavy (non-hydrogen) atoms. The van der Waals surface area contributed by atoms with Crippen LogP contribution in [0.3, 0.4) is 0 Å². The fourth-order valence-electron chi connectivity index (χ4n) is 5.95. The maximum atomic E-state index is 9.79. The SMILES string of the molecule is CCCCCC1(C#N)CCC(c2ccc(C3CCC(CCCC)CC3)cc2)CC1. The van der Waals surface area contributed by atoms with Gasteiger partial charge in [0.05, 0.1) is 11.5 Å².